The van der Waals surface area contributed by atoms with Crippen LogP contribution in [-0.4, -0.2) is 11.6 Å². The minimum absolute atomic E-state index is 0.158. The van der Waals surface area contributed by atoms with Crippen LogP contribution in [0.2, 0.25) is 0 Å². The molecule has 3 aromatic rings. The Morgan fingerprint density at radius 2 is 1.09 bits per heavy atom. The molecule has 0 aliphatic carbocycles. The highest BCUT2D eigenvalue weighted by Gasteiger charge is 2.15. The van der Waals surface area contributed by atoms with Crippen LogP contribution in [0.15, 0.2) is 77.3 Å². The largest absolute Gasteiger partial charge is 0.289 e. The van der Waals surface area contributed by atoms with Gasteiger partial charge in [0.2, 0.25) is 0 Å². The molecule has 1 radical (unpaired) electrons. The third kappa shape index (κ3) is 3.46. The van der Waals surface area contributed by atoms with E-state index in [-0.39, 0.29) is 11.6 Å². The Labute approximate surface area is 142 Å². The molecule has 0 amide bonds. The van der Waals surface area contributed by atoms with Crippen molar-refractivity contribution in [1.82, 2.24) is 0 Å². The summed E-state index contributed by atoms with van der Waals surface area (Å²) < 4.78 is 0.676. The molecule has 0 unspecified atom stereocenters. The number of hydrogen-bond acceptors (Lipinski definition) is 2. The van der Waals surface area contributed by atoms with Gasteiger partial charge in [0.1, 0.15) is 0 Å². The summed E-state index contributed by atoms with van der Waals surface area (Å²) in [6.07, 6.45) is 0. The zero-order valence-electron chi connectivity index (χ0n) is 12.1. The van der Waals surface area contributed by atoms with Crippen molar-refractivity contribution in [3.8, 4) is 0 Å². The first-order valence-corrected chi connectivity index (χ1v) is 7.87. The van der Waals surface area contributed by atoms with E-state index in [2.05, 4.69) is 22.0 Å². The number of ketones is 2. The predicted octanol–water partition coefficient (Wildman–Crippen LogP) is 4.71. The van der Waals surface area contributed by atoms with Gasteiger partial charge < -0.3 is 0 Å². The van der Waals surface area contributed by atoms with E-state index < -0.39 is 0 Å². The first kappa shape index (κ1) is 15.4. The summed E-state index contributed by atoms with van der Waals surface area (Å²) in [7, 11) is 0. The maximum atomic E-state index is 12.5. The monoisotopic (exact) mass is 363 g/mol. The van der Waals surface area contributed by atoms with Crippen molar-refractivity contribution in [1.29, 1.82) is 0 Å². The first-order chi connectivity index (χ1) is 11.1. The van der Waals surface area contributed by atoms with Crippen LogP contribution in [0.1, 0.15) is 31.8 Å². The maximum absolute atomic E-state index is 12.5. The Balaban J connectivity index is 2.00. The fraction of sp³-hybridized carbons (Fsp3) is 0. The Bertz CT molecular complexity index is 786. The third-order valence-electron chi connectivity index (χ3n) is 3.39. The van der Waals surface area contributed by atoms with Crippen molar-refractivity contribution in [2.45, 2.75) is 0 Å². The average molecular weight is 364 g/mol. The van der Waals surface area contributed by atoms with Gasteiger partial charge in [0, 0.05) is 32.8 Å². The lowest BCUT2D eigenvalue weighted by Gasteiger charge is -2.06. The number of hydrogen-bond donors (Lipinski definition) is 0. The molecule has 3 rings (SSSR count). The zero-order chi connectivity index (χ0) is 16.2. The van der Waals surface area contributed by atoms with Gasteiger partial charge in [-0.3, -0.25) is 9.59 Å². The number of halogens is 1. The topological polar surface area (TPSA) is 34.1 Å². The van der Waals surface area contributed by atoms with Gasteiger partial charge in [-0.2, -0.15) is 0 Å². The van der Waals surface area contributed by atoms with Crippen LogP contribution < -0.4 is 0 Å². The van der Waals surface area contributed by atoms with Crippen LogP contribution in [0, 0.1) is 6.07 Å². The molecule has 0 aliphatic heterocycles. The SMILES string of the molecule is O=C(c1[c]c(C(=O)c2ccccc2)cc(Br)c1)c1ccccc1. The van der Waals surface area contributed by atoms with Crippen molar-refractivity contribution in [2.24, 2.45) is 0 Å². The molecule has 0 fully saturated rings. The molecule has 0 spiro atoms. The molecule has 0 saturated heterocycles. The highest BCUT2D eigenvalue weighted by Crippen LogP contribution is 2.20. The van der Waals surface area contributed by atoms with Crippen LogP contribution in [0.25, 0.3) is 0 Å². The fourth-order valence-electron chi connectivity index (χ4n) is 2.27. The van der Waals surface area contributed by atoms with Gasteiger partial charge in [0.15, 0.2) is 11.6 Å². The summed E-state index contributed by atoms with van der Waals surface area (Å²) in [4.78, 5) is 25.1. The van der Waals surface area contributed by atoms with Crippen molar-refractivity contribution >= 4 is 27.5 Å². The van der Waals surface area contributed by atoms with Crippen LogP contribution in [0.3, 0.4) is 0 Å². The molecule has 0 atom stereocenters. The summed E-state index contributed by atoms with van der Waals surface area (Å²) >= 11 is 3.37. The normalized spacial score (nSPS) is 10.3. The minimum atomic E-state index is -0.158. The quantitative estimate of drug-likeness (QED) is 0.629. The first-order valence-electron chi connectivity index (χ1n) is 7.07. The summed E-state index contributed by atoms with van der Waals surface area (Å²) in [5.41, 5.74) is 1.87. The standard InChI is InChI=1S/C20H12BrO2/c21-18-12-16(19(22)14-7-3-1-4-8-14)11-17(13-18)20(23)15-9-5-2-6-10-15/h1-10,12-13H. The summed E-state index contributed by atoms with van der Waals surface area (Å²) in [5, 5.41) is 0. The second-order valence-electron chi connectivity index (χ2n) is 5.02. The smallest absolute Gasteiger partial charge is 0.193 e. The van der Waals surface area contributed by atoms with Gasteiger partial charge in [-0.15, -0.1) is 0 Å². The van der Waals surface area contributed by atoms with Crippen LogP contribution in [-0.2, 0) is 0 Å². The highest BCUT2D eigenvalue weighted by molar-refractivity contribution is 9.10. The zero-order valence-corrected chi connectivity index (χ0v) is 13.7. The molecule has 3 aromatic carbocycles. The second kappa shape index (κ2) is 6.71. The van der Waals surface area contributed by atoms with E-state index in [1.807, 2.05) is 12.1 Å². The van der Waals surface area contributed by atoms with E-state index in [0.717, 1.165) is 0 Å². The van der Waals surface area contributed by atoms with Crippen molar-refractivity contribution in [2.75, 3.05) is 0 Å². The van der Waals surface area contributed by atoms with Crippen LogP contribution in [0.4, 0.5) is 0 Å². The van der Waals surface area contributed by atoms with Crippen molar-refractivity contribution in [3.05, 3.63) is 106 Å². The lowest BCUT2D eigenvalue weighted by molar-refractivity contribution is 0.103. The molecule has 0 bridgehead atoms. The summed E-state index contributed by atoms with van der Waals surface area (Å²) in [6.45, 7) is 0. The van der Waals surface area contributed by atoms with Gasteiger partial charge in [0.25, 0.3) is 0 Å². The molecule has 0 N–H and O–H groups in total. The summed E-state index contributed by atoms with van der Waals surface area (Å²) in [5.74, 6) is -0.317. The molecule has 0 saturated carbocycles. The number of rotatable bonds is 4. The summed E-state index contributed by atoms with van der Waals surface area (Å²) in [6, 6.07) is 24.2. The van der Waals surface area contributed by atoms with E-state index in [4.69, 9.17) is 0 Å². The molecular formula is C20H12BrO2. The lowest BCUT2D eigenvalue weighted by Crippen LogP contribution is -2.06. The Morgan fingerprint density at radius 3 is 1.48 bits per heavy atom. The van der Waals surface area contributed by atoms with Gasteiger partial charge in [0.05, 0.1) is 0 Å². The molecular weight excluding hydrogens is 352 g/mol. The lowest BCUT2D eigenvalue weighted by atomic mass is 9.97. The maximum Gasteiger partial charge on any atom is 0.193 e. The molecule has 2 nitrogen and oxygen atoms in total. The fourth-order valence-corrected chi connectivity index (χ4v) is 2.73. The van der Waals surface area contributed by atoms with E-state index >= 15 is 0 Å². The van der Waals surface area contributed by atoms with Crippen LogP contribution >= 0.6 is 15.9 Å². The van der Waals surface area contributed by atoms with Crippen molar-refractivity contribution < 1.29 is 9.59 Å². The van der Waals surface area contributed by atoms with E-state index in [0.29, 0.717) is 26.7 Å². The minimum Gasteiger partial charge on any atom is -0.289 e. The second-order valence-corrected chi connectivity index (χ2v) is 5.93. The average Bonchev–Trinajstić information content (AvgIpc) is 2.61. The van der Waals surface area contributed by atoms with E-state index in [1.54, 1.807) is 60.7 Å². The van der Waals surface area contributed by atoms with Gasteiger partial charge >= 0.3 is 0 Å². The highest BCUT2D eigenvalue weighted by atomic mass is 79.9. The Morgan fingerprint density at radius 1 is 0.696 bits per heavy atom. The molecule has 0 aliphatic rings. The molecule has 0 aromatic heterocycles. The van der Waals surface area contributed by atoms with E-state index in [9.17, 15) is 9.59 Å². The van der Waals surface area contributed by atoms with Crippen LogP contribution in [0.5, 0.6) is 0 Å². The number of benzene rings is 3. The predicted molar refractivity (Wildman–Crippen MR) is 92.7 cm³/mol. The molecule has 3 heteroatoms. The third-order valence-corrected chi connectivity index (χ3v) is 3.85. The number of carbonyl (C=O) groups is 2. The van der Waals surface area contributed by atoms with Gasteiger partial charge in [-0.25, -0.2) is 0 Å². The van der Waals surface area contributed by atoms with Gasteiger partial charge in [-0.05, 0) is 12.1 Å². The van der Waals surface area contributed by atoms with Gasteiger partial charge in [-0.1, -0.05) is 76.6 Å². The van der Waals surface area contributed by atoms with E-state index in [1.165, 1.54) is 0 Å². The molecule has 111 valence electrons. The number of carbonyl (C=O) groups excluding carboxylic acids is 2. The van der Waals surface area contributed by atoms with Crippen molar-refractivity contribution in [3.63, 3.8) is 0 Å². The molecule has 23 heavy (non-hydrogen) atoms. The Kier molecular flexibility index (Phi) is 4.49. The molecule has 0 heterocycles. The Hall–Kier alpha value is -2.52.